The molecule has 3 nitrogen and oxygen atoms in total. The average molecular weight is 386 g/mol. The van der Waals surface area contributed by atoms with Crippen LogP contribution < -0.4 is 4.57 Å². The molecule has 28 heavy (non-hydrogen) atoms. The highest BCUT2D eigenvalue weighted by atomic mass is 32.2. The van der Waals surface area contributed by atoms with Gasteiger partial charge in [-0.05, 0) is 23.9 Å². The Kier molecular flexibility index (Phi) is 4.51. The molecule has 0 amide bonds. The van der Waals surface area contributed by atoms with Gasteiger partial charge in [0.1, 0.15) is 18.3 Å². The van der Waals surface area contributed by atoms with Crippen molar-refractivity contribution in [1.29, 1.82) is 0 Å². The monoisotopic (exact) mass is 385 g/mol. The van der Waals surface area contributed by atoms with Crippen molar-refractivity contribution in [1.82, 2.24) is 4.57 Å². The maximum Gasteiger partial charge on any atom is 0.324 e. The van der Waals surface area contributed by atoms with Crippen molar-refractivity contribution in [2.24, 2.45) is 0 Å². The van der Waals surface area contributed by atoms with Crippen molar-refractivity contribution >= 4 is 11.8 Å². The number of para-hydroxylation sites is 1. The van der Waals surface area contributed by atoms with Crippen LogP contribution in [-0.4, -0.2) is 21.5 Å². The fraction of sp³-hybridized carbons (Fsp3) is 0.125. The number of fused-ring (bicyclic) bond motifs is 1. The highest BCUT2D eigenvalue weighted by Gasteiger charge is 2.37. The van der Waals surface area contributed by atoms with Crippen molar-refractivity contribution < 1.29 is 9.67 Å². The Labute approximate surface area is 168 Å². The molecule has 2 heterocycles. The molecule has 0 spiro atoms. The van der Waals surface area contributed by atoms with Gasteiger partial charge in [-0.2, -0.15) is 4.57 Å². The Hall–Kier alpha value is -2.82. The molecular formula is C24H21N2OS+. The summed E-state index contributed by atoms with van der Waals surface area (Å²) in [5, 5.41) is 11.6. The van der Waals surface area contributed by atoms with Crippen LogP contribution in [0, 0.1) is 0 Å². The minimum absolute atomic E-state index is 0.347. The number of imidazole rings is 1. The third-order valence-electron chi connectivity index (χ3n) is 5.05. The Morgan fingerprint density at radius 2 is 1.36 bits per heavy atom. The summed E-state index contributed by atoms with van der Waals surface area (Å²) >= 11 is 1.72. The molecule has 5 rings (SSSR count). The first-order valence-corrected chi connectivity index (χ1v) is 10.5. The molecule has 0 unspecified atom stereocenters. The van der Waals surface area contributed by atoms with Crippen LogP contribution in [0.25, 0.3) is 28.2 Å². The molecule has 0 saturated carbocycles. The molecule has 0 bridgehead atoms. The average Bonchev–Trinajstić information content (AvgIpc) is 3.10. The summed E-state index contributed by atoms with van der Waals surface area (Å²) in [6.07, 6.45) is -0.347. The van der Waals surface area contributed by atoms with Crippen molar-refractivity contribution in [2.45, 2.75) is 17.8 Å². The Morgan fingerprint density at radius 1 is 0.786 bits per heavy atom. The predicted octanol–water partition coefficient (Wildman–Crippen LogP) is 4.57. The van der Waals surface area contributed by atoms with Gasteiger partial charge < -0.3 is 5.11 Å². The first-order chi connectivity index (χ1) is 13.8. The lowest BCUT2D eigenvalue weighted by atomic mass is 10.0. The zero-order valence-electron chi connectivity index (χ0n) is 15.4. The molecule has 3 aromatic carbocycles. The fourth-order valence-corrected chi connectivity index (χ4v) is 4.95. The fourth-order valence-electron chi connectivity index (χ4n) is 3.86. The topological polar surface area (TPSA) is 29.0 Å². The quantitative estimate of drug-likeness (QED) is 0.524. The molecule has 0 radical (unpaired) electrons. The van der Waals surface area contributed by atoms with E-state index in [9.17, 15) is 5.11 Å². The van der Waals surface area contributed by atoms with Gasteiger partial charge in [0.05, 0.1) is 0 Å². The number of nitrogens with zero attached hydrogens (tertiary/aromatic N) is 2. The zero-order chi connectivity index (χ0) is 18.9. The van der Waals surface area contributed by atoms with Gasteiger partial charge in [-0.15, -0.1) is 0 Å². The number of hydrogen-bond donors (Lipinski definition) is 1. The minimum atomic E-state index is -0.347. The SMILES string of the molecule is O[C@@H]1CSc2n(-c3ccccc3)c(-c3ccccc3)c(-c3ccccc3)[n+]2C1. The van der Waals surface area contributed by atoms with E-state index in [1.54, 1.807) is 11.8 Å². The number of aromatic nitrogens is 2. The number of hydrogen-bond acceptors (Lipinski definition) is 2. The van der Waals surface area contributed by atoms with Crippen LogP contribution in [0.4, 0.5) is 0 Å². The maximum absolute atomic E-state index is 10.4. The summed E-state index contributed by atoms with van der Waals surface area (Å²) in [4.78, 5) is 0. The van der Waals surface area contributed by atoms with Crippen LogP contribution in [0.15, 0.2) is 96.2 Å². The number of aliphatic hydroxyl groups is 1. The van der Waals surface area contributed by atoms with E-state index < -0.39 is 0 Å². The Morgan fingerprint density at radius 3 is 2.00 bits per heavy atom. The summed E-state index contributed by atoms with van der Waals surface area (Å²) in [5.41, 5.74) is 5.77. The van der Waals surface area contributed by atoms with Gasteiger partial charge in [0.2, 0.25) is 0 Å². The van der Waals surface area contributed by atoms with Gasteiger partial charge in [0.15, 0.2) is 11.4 Å². The van der Waals surface area contributed by atoms with Crippen molar-refractivity contribution in [2.75, 3.05) is 5.75 Å². The zero-order valence-corrected chi connectivity index (χ0v) is 16.2. The first kappa shape index (κ1) is 17.3. The molecule has 4 aromatic rings. The van der Waals surface area contributed by atoms with Gasteiger partial charge in [-0.25, -0.2) is 4.57 Å². The van der Waals surface area contributed by atoms with Crippen LogP contribution in [-0.2, 0) is 6.54 Å². The Bertz CT molecular complexity index is 1090. The van der Waals surface area contributed by atoms with Crippen molar-refractivity contribution in [3.63, 3.8) is 0 Å². The first-order valence-electron chi connectivity index (χ1n) is 9.48. The van der Waals surface area contributed by atoms with Crippen LogP contribution in [0.2, 0.25) is 0 Å². The van der Waals surface area contributed by atoms with Gasteiger partial charge >= 0.3 is 5.16 Å². The standard InChI is InChI=1S/C24H21N2OS/c27-21-16-25-22(18-10-4-1-5-11-18)23(19-12-6-2-7-13-19)26(24(25)28-17-21)20-14-8-3-9-15-20/h1-15,21,27H,16-17H2/q+1/t21-/m0/s1. The van der Waals surface area contributed by atoms with Crippen LogP contribution in [0.3, 0.4) is 0 Å². The third kappa shape index (κ3) is 2.95. The Balaban J connectivity index is 1.89. The molecule has 1 aromatic heterocycles. The summed E-state index contributed by atoms with van der Waals surface area (Å²) in [6, 6.07) is 31.5. The molecule has 0 saturated heterocycles. The van der Waals surface area contributed by atoms with Crippen molar-refractivity contribution in [3.05, 3.63) is 91.0 Å². The highest BCUT2D eigenvalue weighted by molar-refractivity contribution is 7.99. The summed E-state index contributed by atoms with van der Waals surface area (Å²) in [7, 11) is 0. The van der Waals surface area contributed by atoms with Crippen molar-refractivity contribution in [3.8, 4) is 28.2 Å². The predicted molar refractivity (Wildman–Crippen MR) is 114 cm³/mol. The lowest BCUT2D eigenvalue weighted by Crippen LogP contribution is -2.46. The van der Waals surface area contributed by atoms with E-state index in [0.717, 1.165) is 27.8 Å². The molecule has 0 aliphatic carbocycles. The lowest BCUT2D eigenvalue weighted by Gasteiger charge is -2.15. The molecule has 138 valence electrons. The number of aliphatic hydroxyl groups excluding tert-OH is 1. The highest BCUT2D eigenvalue weighted by Crippen LogP contribution is 2.38. The van der Waals surface area contributed by atoms with E-state index in [4.69, 9.17) is 0 Å². The van der Waals surface area contributed by atoms with E-state index in [1.807, 2.05) is 18.2 Å². The smallest absolute Gasteiger partial charge is 0.324 e. The van der Waals surface area contributed by atoms with E-state index in [2.05, 4.69) is 81.9 Å². The largest absolute Gasteiger partial charge is 0.388 e. The molecule has 0 fully saturated rings. The van der Waals surface area contributed by atoms with Gasteiger partial charge in [-0.1, -0.05) is 78.9 Å². The summed E-state index contributed by atoms with van der Waals surface area (Å²) < 4.78 is 4.62. The molecule has 4 heteroatoms. The van der Waals surface area contributed by atoms with Crippen LogP contribution >= 0.6 is 11.8 Å². The normalized spacial score (nSPS) is 16.0. The molecule has 1 N–H and O–H groups in total. The maximum atomic E-state index is 10.4. The number of benzene rings is 3. The second kappa shape index (κ2) is 7.30. The van der Waals surface area contributed by atoms with E-state index in [1.165, 1.54) is 5.56 Å². The van der Waals surface area contributed by atoms with Gasteiger partial charge in [0, 0.05) is 16.9 Å². The van der Waals surface area contributed by atoms with E-state index in [-0.39, 0.29) is 6.10 Å². The van der Waals surface area contributed by atoms with Gasteiger partial charge in [0.25, 0.3) is 0 Å². The number of thioether (sulfide) groups is 1. The summed E-state index contributed by atoms with van der Waals surface area (Å²) in [5.74, 6) is 0.708. The molecular weight excluding hydrogens is 364 g/mol. The van der Waals surface area contributed by atoms with Gasteiger partial charge in [-0.3, -0.25) is 0 Å². The molecule has 1 aliphatic rings. The number of rotatable bonds is 3. The molecule has 1 aliphatic heterocycles. The van der Waals surface area contributed by atoms with Crippen LogP contribution in [0.1, 0.15) is 0 Å². The minimum Gasteiger partial charge on any atom is -0.388 e. The van der Waals surface area contributed by atoms with E-state index >= 15 is 0 Å². The third-order valence-corrected chi connectivity index (χ3v) is 6.26. The second-order valence-corrected chi connectivity index (χ2v) is 7.95. The summed E-state index contributed by atoms with van der Waals surface area (Å²) in [6.45, 7) is 0.603. The molecule has 1 atom stereocenters. The van der Waals surface area contributed by atoms with Crippen LogP contribution in [0.5, 0.6) is 0 Å². The lowest BCUT2D eigenvalue weighted by molar-refractivity contribution is -0.730. The van der Waals surface area contributed by atoms with E-state index in [0.29, 0.717) is 12.3 Å². The second-order valence-electron chi connectivity index (χ2n) is 6.96.